The fourth-order valence-corrected chi connectivity index (χ4v) is 6.62. The Labute approximate surface area is 249 Å². The molecule has 0 saturated heterocycles. The number of aliphatic hydroxyl groups excluding tert-OH is 2. The normalized spacial score (nSPS) is 24.9. The Morgan fingerprint density at radius 2 is 1.81 bits per heavy atom. The summed E-state index contributed by atoms with van der Waals surface area (Å²) in [5, 5.41) is 48.2. The molecule has 7 N–H and O–H groups in total. The number of primary amides is 1. The molecule has 0 aliphatic heterocycles. The van der Waals surface area contributed by atoms with Crippen molar-refractivity contribution >= 4 is 35.0 Å². The van der Waals surface area contributed by atoms with Crippen LogP contribution in [0.25, 0.3) is 5.76 Å². The molecule has 0 bridgehead atoms. The van der Waals surface area contributed by atoms with E-state index in [1.54, 1.807) is 39.2 Å². The predicted octanol–water partition coefficient (Wildman–Crippen LogP) is 1.45. The number of ether oxygens (including phenoxy) is 1. The van der Waals surface area contributed by atoms with E-state index in [1.807, 2.05) is 6.92 Å². The number of amides is 2. The van der Waals surface area contributed by atoms with Crippen molar-refractivity contribution < 1.29 is 44.3 Å². The number of aliphatic hydroxyl groups is 3. The number of nitrogens with zero attached hydrogens (tertiary/aromatic N) is 2. The molecule has 2 amide bonds. The van der Waals surface area contributed by atoms with Crippen molar-refractivity contribution in [3.63, 3.8) is 0 Å². The van der Waals surface area contributed by atoms with Crippen LogP contribution in [-0.4, -0.2) is 95.3 Å². The van der Waals surface area contributed by atoms with Gasteiger partial charge in [0.25, 0.3) is 5.91 Å². The maximum atomic E-state index is 14.1. The number of anilines is 1. The number of hydrogen-bond acceptors (Lipinski definition) is 11. The summed E-state index contributed by atoms with van der Waals surface area (Å²) in [7, 11) is 6.63. The average Bonchev–Trinajstić information content (AvgIpc) is 2.92. The molecule has 0 spiro atoms. The van der Waals surface area contributed by atoms with Crippen molar-refractivity contribution in [3.05, 3.63) is 39.7 Å². The van der Waals surface area contributed by atoms with Crippen LogP contribution in [0.4, 0.5) is 10.5 Å². The number of hydrogen-bond donors (Lipinski definition) is 6. The lowest BCUT2D eigenvalue weighted by Crippen LogP contribution is -2.65. The number of rotatable bonds is 9. The number of carbonyl (C=O) groups is 4. The minimum atomic E-state index is -2.72. The standard InChI is InChI=1S/C30H40N4O9/c1-6-7-8-9-43-29(41)32-13-15-12-18(33(2)3)16-10-14-11-17-22(34(4)5)25(37)21(28(31)40)27(39)30(17,42)26(38)19(14)24(36)20(16)23(15)35/h12,14,17,22,35-36,39,42H,6-11,13H2,1-5H3,(H2,31,40)(H,32,41)/t14-,17-,22-,30-/m0/s1. The van der Waals surface area contributed by atoms with E-state index < -0.39 is 64.1 Å². The summed E-state index contributed by atoms with van der Waals surface area (Å²) in [4.78, 5) is 54.9. The van der Waals surface area contributed by atoms with Crippen molar-refractivity contribution in [2.45, 2.75) is 57.2 Å². The molecule has 4 atom stereocenters. The number of fused-ring (bicyclic) bond motifs is 3. The van der Waals surface area contributed by atoms with Gasteiger partial charge in [0.2, 0.25) is 5.78 Å². The lowest BCUT2D eigenvalue weighted by atomic mass is 9.57. The van der Waals surface area contributed by atoms with E-state index in [2.05, 4.69) is 5.32 Å². The van der Waals surface area contributed by atoms with Gasteiger partial charge in [-0.15, -0.1) is 0 Å². The SMILES string of the molecule is CCCCCOC(=O)NCc1cc(N(C)C)c2c(c1O)C(O)=C1C(=O)[C@]3(O)C(O)=C(C(N)=O)C(=O)[C@@H](N(C)C)[C@@H]3C[C@@H]1C2. The highest BCUT2D eigenvalue weighted by Crippen LogP contribution is 2.54. The third-order valence-corrected chi connectivity index (χ3v) is 8.66. The fraction of sp³-hybridized carbons (Fsp3) is 0.533. The molecule has 13 heteroatoms. The summed E-state index contributed by atoms with van der Waals surface area (Å²) >= 11 is 0. The third kappa shape index (κ3) is 5.20. The predicted molar refractivity (Wildman–Crippen MR) is 156 cm³/mol. The van der Waals surface area contributed by atoms with E-state index in [4.69, 9.17) is 10.5 Å². The molecule has 1 aromatic carbocycles. The molecule has 0 radical (unpaired) electrons. The molecule has 3 aliphatic carbocycles. The van der Waals surface area contributed by atoms with Gasteiger partial charge in [0.1, 0.15) is 22.8 Å². The molecule has 43 heavy (non-hydrogen) atoms. The van der Waals surface area contributed by atoms with Gasteiger partial charge in [-0.1, -0.05) is 19.8 Å². The molecule has 0 unspecified atom stereocenters. The van der Waals surface area contributed by atoms with Crippen LogP contribution >= 0.6 is 0 Å². The number of carbonyl (C=O) groups excluding carboxylic acids is 4. The number of alkyl carbamates (subject to hydrolysis) is 1. The topological polar surface area (TPSA) is 203 Å². The Hall–Kier alpha value is -4.10. The number of phenolic OH excluding ortho intramolecular Hbond substituents is 1. The number of nitrogens with two attached hydrogens (primary N) is 1. The second-order valence-electron chi connectivity index (χ2n) is 11.8. The fourth-order valence-electron chi connectivity index (χ4n) is 6.62. The van der Waals surface area contributed by atoms with E-state index in [0.29, 0.717) is 11.3 Å². The molecular formula is C30H40N4O9. The minimum absolute atomic E-state index is 0.00737. The third-order valence-electron chi connectivity index (χ3n) is 8.66. The quantitative estimate of drug-likeness (QED) is 0.177. The van der Waals surface area contributed by atoms with Crippen LogP contribution in [0.2, 0.25) is 0 Å². The Morgan fingerprint density at radius 1 is 1.14 bits per heavy atom. The second-order valence-corrected chi connectivity index (χ2v) is 11.8. The second kappa shape index (κ2) is 11.9. The van der Waals surface area contributed by atoms with Gasteiger partial charge < -0.3 is 41.1 Å². The number of Topliss-reactive ketones (excluding diaryl/α,β-unsaturated/α-hetero) is 2. The number of unbranched alkanes of at least 4 members (excludes halogenated alkanes) is 2. The summed E-state index contributed by atoms with van der Waals surface area (Å²) < 4.78 is 5.17. The van der Waals surface area contributed by atoms with Crippen LogP contribution < -0.4 is 16.0 Å². The Bertz CT molecular complexity index is 1430. The number of ketones is 2. The summed E-state index contributed by atoms with van der Waals surface area (Å²) in [6.07, 6.45) is 2.08. The van der Waals surface area contributed by atoms with Crippen LogP contribution in [0.3, 0.4) is 0 Å². The van der Waals surface area contributed by atoms with Gasteiger partial charge in [-0.2, -0.15) is 0 Å². The van der Waals surface area contributed by atoms with E-state index in [9.17, 15) is 39.6 Å². The van der Waals surface area contributed by atoms with Crippen molar-refractivity contribution in [2.75, 3.05) is 39.7 Å². The summed E-state index contributed by atoms with van der Waals surface area (Å²) in [6.45, 7) is 2.14. The number of likely N-dealkylation sites (N-methyl/N-ethyl adjacent to an activating group) is 1. The van der Waals surface area contributed by atoms with Crippen molar-refractivity contribution in [1.29, 1.82) is 0 Å². The van der Waals surface area contributed by atoms with Crippen LogP contribution in [0.1, 0.15) is 49.3 Å². The van der Waals surface area contributed by atoms with Gasteiger partial charge in [-0.3, -0.25) is 19.3 Å². The van der Waals surface area contributed by atoms with Crippen LogP contribution in [0.5, 0.6) is 5.75 Å². The highest BCUT2D eigenvalue weighted by atomic mass is 16.5. The number of benzene rings is 1. The lowest BCUT2D eigenvalue weighted by Gasteiger charge is -2.50. The Kier molecular flexibility index (Phi) is 8.80. The van der Waals surface area contributed by atoms with E-state index >= 15 is 0 Å². The zero-order chi connectivity index (χ0) is 32.0. The highest BCUT2D eigenvalue weighted by molar-refractivity contribution is 6.24. The van der Waals surface area contributed by atoms with Gasteiger partial charge in [0.15, 0.2) is 11.4 Å². The smallest absolute Gasteiger partial charge is 0.407 e. The van der Waals surface area contributed by atoms with Gasteiger partial charge in [-0.25, -0.2) is 4.79 Å². The summed E-state index contributed by atoms with van der Waals surface area (Å²) in [5.41, 5.74) is 2.89. The average molecular weight is 601 g/mol. The van der Waals surface area contributed by atoms with Crippen LogP contribution in [-0.2, 0) is 32.1 Å². The largest absolute Gasteiger partial charge is 0.508 e. The number of phenols is 1. The van der Waals surface area contributed by atoms with Gasteiger partial charge in [0, 0.05) is 43.4 Å². The Balaban J connectivity index is 1.81. The highest BCUT2D eigenvalue weighted by Gasteiger charge is 2.64. The van der Waals surface area contributed by atoms with E-state index in [1.165, 1.54) is 4.90 Å². The minimum Gasteiger partial charge on any atom is -0.508 e. The van der Waals surface area contributed by atoms with E-state index in [0.717, 1.165) is 19.3 Å². The van der Waals surface area contributed by atoms with Crippen molar-refractivity contribution in [1.82, 2.24) is 10.2 Å². The first-order valence-electron chi connectivity index (χ1n) is 14.3. The molecular weight excluding hydrogens is 560 g/mol. The molecule has 0 heterocycles. The first kappa shape index (κ1) is 31.8. The summed E-state index contributed by atoms with van der Waals surface area (Å²) in [6, 6.07) is 0.514. The molecule has 3 aliphatic rings. The molecule has 1 saturated carbocycles. The first-order valence-corrected chi connectivity index (χ1v) is 14.3. The molecule has 234 valence electrons. The van der Waals surface area contributed by atoms with Gasteiger partial charge >= 0.3 is 6.09 Å². The van der Waals surface area contributed by atoms with Crippen LogP contribution in [0, 0.1) is 11.8 Å². The zero-order valence-electron chi connectivity index (χ0n) is 25.1. The zero-order valence-corrected chi connectivity index (χ0v) is 25.1. The van der Waals surface area contributed by atoms with Crippen LogP contribution in [0.15, 0.2) is 23.0 Å². The monoisotopic (exact) mass is 600 g/mol. The van der Waals surface area contributed by atoms with Gasteiger partial charge in [0.05, 0.1) is 18.2 Å². The number of nitrogens with one attached hydrogen (secondary N) is 1. The number of aromatic hydroxyl groups is 1. The Morgan fingerprint density at radius 3 is 2.40 bits per heavy atom. The molecule has 1 aromatic rings. The van der Waals surface area contributed by atoms with E-state index in [-0.39, 0.29) is 48.4 Å². The molecule has 1 fully saturated rings. The summed E-state index contributed by atoms with van der Waals surface area (Å²) in [5.74, 6) is -7.15. The van der Waals surface area contributed by atoms with Gasteiger partial charge in [-0.05, 0) is 50.9 Å². The lowest BCUT2D eigenvalue weighted by molar-refractivity contribution is -0.153. The maximum Gasteiger partial charge on any atom is 0.407 e. The first-order chi connectivity index (χ1) is 20.2. The molecule has 4 rings (SSSR count). The van der Waals surface area contributed by atoms with Crippen molar-refractivity contribution in [3.8, 4) is 5.75 Å². The maximum absolute atomic E-state index is 14.1. The molecule has 13 nitrogen and oxygen atoms in total. The molecule has 0 aromatic heterocycles. The van der Waals surface area contributed by atoms with Crippen molar-refractivity contribution in [2.24, 2.45) is 17.6 Å².